The molecule has 0 aliphatic carbocycles. The third kappa shape index (κ3) is 3.34. The Labute approximate surface area is 144 Å². The van der Waals surface area contributed by atoms with E-state index in [1.165, 1.54) is 0 Å². The van der Waals surface area contributed by atoms with Crippen LogP contribution in [0.25, 0.3) is 22.2 Å². The molecule has 2 N–H and O–H groups in total. The second kappa shape index (κ2) is 6.56. The van der Waals surface area contributed by atoms with Crippen LogP contribution in [0.1, 0.15) is 12.8 Å². The Morgan fingerprint density at radius 2 is 2.24 bits per heavy atom. The highest BCUT2D eigenvalue weighted by Gasteiger charge is 2.21. The average molecular weight is 337 g/mol. The van der Waals surface area contributed by atoms with Crippen LogP contribution in [0.4, 0.5) is 5.82 Å². The molecule has 4 heterocycles. The minimum atomic E-state index is -0.00435. The van der Waals surface area contributed by atoms with E-state index in [4.69, 9.17) is 0 Å². The van der Waals surface area contributed by atoms with Gasteiger partial charge in [0.05, 0.1) is 23.8 Å². The zero-order valence-corrected chi connectivity index (χ0v) is 13.9. The van der Waals surface area contributed by atoms with Gasteiger partial charge in [0.25, 0.3) is 0 Å². The van der Waals surface area contributed by atoms with Gasteiger partial charge in [0.1, 0.15) is 11.5 Å². The Balaban J connectivity index is 1.59. The fourth-order valence-electron chi connectivity index (χ4n) is 3.02. The molecule has 0 bridgehead atoms. The monoisotopic (exact) mass is 337 g/mol. The molecular weight excluding hydrogens is 318 g/mol. The zero-order chi connectivity index (χ0) is 17.2. The normalized spacial score (nSPS) is 17.6. The summed E-state index contributed by atoms with van der Waals surface area (Å²) in [5, 5.41) is 15.1. The molecule has 0 aromatic carbocycles. The van der Waals surface area contributed by atoms with E-state index >= 15 is 0 Å². The van der Waals surface area contributed by atoms with Crippen molar-refractivity contribution in [3.05, 3.63) is 30.7 Å². The average Bonchev–Trinajstić information content (AvgIpc) is 3.08. The van der Waals surface area contributed by atoms with Gasteiger partial charge in [0, 0.05) is 30.7 Å². The molecule has 0 spiro atoms. The fourth-order valence-corrected chi connectivity index (χ4v) is 3.02. The largest absolute Gasteiger partial charge is 0.316 e. The predicted octanol–water partition coefficient (Wildman–Crippen LogP) is 1.36. The third-order valence-corrected chi connectivity index (χ3v) is 4.38. The minimum absolute atomic E-state index is 0.00435. The number of hydrogen-bond acceptors (Lipinski definition) is 6. The first-order chi connectivity index (χ1) is 12.2. The first kappa shape index (κ1) is 15.6. The SMILES string of the molecule is Cn1cc(-c2cnc3cnc(NC(=O)C4CCCNC4)cc3c2)nn1. The van der Waals surface area contributed by atoms with E-state index in [0.717, 1.165) is 48.1 Å². The number of aromatic nitrogens is 5. The summed E-state index contributed by atoms with van der Waals surface area (Å²) in [5.41, 5.74) is 2.40. The van der Waals surface area contributed by atoms with Crippen LogP contribution < -0.4 is 10.6 Å². The van der Waals surface area contributed by atoms with Crippen molar-refractivity contribution in [3.8, 4) is 11.3 Å². The summed E-state index contributed by atoms with van der Waals surface area (Å²) in [6.45, 7) is 1.70. The second-order valence-electron chi connectivity index (χ2n) is 6.30. The van der Waals surface area contributed by atoms with Crippen LogP contribution in [0.2, 0.25) is 0 Å². The molecule has 8 nitrogen and oxygen atoms in total. The number of amides is 1. The van der Waals surface area contributed by atoms with E-state index in [1.54, 1.807) is 17.1 Å². The van der Waals surface area contributed by atoms with Gasteiger partial charge in [-0.15, -0.1) is 5.10 Å². The number of pyridine rings is 2. The maximum Gasteiger partial charge on any atom is 0.229 e. The summed E-state index contributed by atoms with van der Waals surface area (Å²) < 4.78 is 1.65. The minimum Gasteiger partial charge on any atom is -0.316 e. The van der Waals surface area contributed by atoms with Crippen LogP contribution in [0.5, 0.6) is 0 Å². The number of aryl methyl sites for hydroxylation is 1. The molecule has 1 aliphatic rings. The summed E-state index contributed by atoms with van der Waals surface area (Å²) in [6.07, 6.45) is 7.19. The molecule has 0 saturated carbocycles. The number of rotatable bonds is 3. The van der Waals surface area contributed by atoms with Gasteiger partial charge in [-0.2, -0.15) is 0 Å². The smallest absolute Gasteiger partial charge is 0.229 e. The molecular formula is C17H19N7O. The lowest BCUT2D eigenvalue weighted by Gasteiger charge is -2.21. The Bertz CT molecular complexity index is 914. The summed E-state index contributed by atoms with van der Waals surface area (Å²) >= 11 is 0. The van der Waals surface area contributed by atoms with Crippen molar-refractivity contribution in [1.82, 2.24) is 30.3 Å². The Kier molecular flexibility index (Phi) is 4.10. The van der Waals surface area contributed by atoms with Crippen molar-refractivity contribution < 1.29 is 4.79 Å². The number of piperidine rings is 1. The molecule has 3 aromatic rings. The van der Waals surface area contributed by atoms with Gasteiger partial charge < -0.3 is 10.6 Å². The molecule has 128 valence electrons. The zero-order valence-electron chi connectivity index (χ0n) is 13.9. The van der Waals surface area contributed by atoms with E-state index in [9.17, 15) is 4.79 Å². The van der Waals surface area contributed by atoms with Crippen LogP contribution in [0.3, 0.4) is 0 Å². The Morgan fingerprint density at radius 1 is 1.32 bits per heavy atom. The van der Waals surface area contributed by atoms with Crippen molar-refractivity contribution in [2.24, 2.45) is 13.0 Å². The van der Waals surface area contributed by atoms with Gasteiger partial charge >= 0.3 is 0 Å². The van der Waals surface area contributed by atoms with Gasteiger partial charge in [-0.05, 0) is 31.5 Å². The van der Waals surface area contributed by atoms with Gasteiger partial charge in [0.2, 0.25) is 5.91 Å². The highest BCUT2D eigenvalue weighted by atomic mass is 16.2. The quantitative estimate of drug-likeness (QED) is 0.749. The number of fused-ring (bicyclic) bond motifs is 1. The molecule has 1 fully saturated rings. The second-order valence-corrected chi connectivity index (χ2v) is 6.30. The fraction of sp³-hybridized carbons (Fsp3) is 0.353. The summed E-state index contributed by atoms with van der Waals surface area (Å²) in [5.74, 6) is 0.550. The predicted molar refractivity (Wildman–Crippen MR) is 93.8 cm³/mol. The van der Waals surface area contributed by atoms with E-state index in [-0.39, 0.29) is 11.8 Å². The van der Waals surface area contributed by atoms with E-state index in [2.05, 4.69) is 30.9 Å². The van der Waals surface area contributed by atoms with Crippen molar-refractivity contribution in [2.45, 2.75) is 12.8 Å². The summed E-state index contributed by atoms with van der Waals surface area (Å²) in [4.78, 5) is 21.1. The number of hydrogen-bond donors (Lipinski definition) is 2. The molecule has 8 heteroatoms. The number of nitrogens with one attached hydrogen (secondary N) is 2. The van der Waals surface area contributed by atoms with Crippen LogP contribution >= 0.6 is 0 Å². The molecule has 1 aliphatic heterocycles. The van der Waals surface area contributed by atoms with Gasteiger partial charge in [-0.3, -0.25) is 14.5 Å². The van der Waals surface area contributed by atoms with E-state index in [0.29, 0.717) is 5.82 Å². The van der Waals surface area contributed by atoms with Crippen LogP contribution in [0, 0.1) is 5.92 Å². The first-order valence-electron chi connectivity index (χ1n) is 8.33. The molecule has 25 heavy (non-hydrogen) atoms. The lowest BCUT2D eigenvalue weighted by molar-refractivity contribution is -0.120. The maximum atomic E-state index is 12.4. The molecule has 0 radical (unpaired) electrons. The molecule has 1 saturated heterocycles. The lowest BCUT2D eigenvalue weighted by atomic mass is 9.99. The summed E-state index contributed by atoms with van der Waals surface area (Å²) in [6, 6.07) is 3.82. The topological polar surface area (TPSA) is 97.6 Å². The highest BCUT2D eigenvalue weighted by molar-refractivity contribution is 5.94. The molecule has 4 rings (SSSR count). The van der Waals surface area contributed by atoms with Crippen LogP contribution in [-0.4, -0.2) is 44.0 Å². The van der Waals surface area contributed by atoms with Crippen LogP contribution in [-0.2, 0) is 11.8 Å². The van der Waals surface area contributed by atoms with Crippen molar-refractivity contribution in [3.63, 3.8) is 0 Å². The Hall–Kier alpha value is -2.87. The van der Waals surface area contributed by atoms with Crippen molar-refractivity contribution >= 4 is 22.6 Å². The molecule has 1 atom stereocenters. The standard InChI is InChI=1S/C17H19N7O/c1-24-10-15(22-23-24)13-5-12-6-16(20-9-14(12)19-8-13)21-17(25)11-3-2-4-18-7-11/h5-6,8-11,18H,2-4,7H2,1H3,(H,20,21,25). The van der Waals surface area contributed by atoms with Gasteiger partial charge in [-0.1, -0.05) is 5.21 Å². The molecule has 1 amide bonds. The van der Waals surface area contributed by atoms with Crippen LogP contribution in [0.15, 0.2) is 30.7 Å². The third-order valence-electron chi connectivity index (χ3n) is 4.38. The van der Waals surface area contributed by atoms with E-state index < -0.39 is 0 Å². The first-order valence-corrected chi connectivity index (χ1v) is 8.33. The number of carbonyl (C=O) groups excluding carboxylic acids is 1. The highest BCUT2D eigenvalue weighted by Crippen LogP contribution is 2.22. The lowest BCUT2D eigenvalue weighted by Crippen LogP contribution is -2.37. The van der Waals surface area contributed by atoms with E-state index in [1.807, 2.05) is 25.4 Å². The number of carbonyl (C=O) groups is 1. The summed E-state index contributed by atoms with van der Waals surface area (Å²) in [7, 11) is 1.82. The van der Waals surface area contributed by atoms with Gasteiger partial charge in [-0.25, -0.2) is 4.98 Å². The van der Waals surface area contributed by atoms with Crippen molar-refractivity contribution in [2.75, 3.05) is 18.4 Å². The molecule has 3 aromatic heterocycles. The Morgan fingerprint density at radius 3 is 3.00 bits per heavy atom. The number of nitrogens with zero attached hydrogens (tertiary/aromatic N) is 5. The molecule has 1 unspecified atom stereocenters. The number of anilines is 1. The van der Waals surface area contributed by atoms with Crippen molar-refractivity contribution in [1.29, 1.82) is 0 Å². The van der Waals surface area contributed by atoms with Gasteiger partial charge in [0.15, 0.2) is 0 Å². The maximum absolute atomic E-state index is 12.4.